The molecule has 0 heterocycles. The Labute approximate surface area is 131 Å². The van der Waals surface area contributed by atoms with Gasteiger partial charge in [-0.3, -0.25) is 0 Å². The van der Waals surface area contributed by atoms with E-state index in [2.05, 4.69) is 36.4 Å². The largest absolute Gasteiger partial charge is 0.465 e. The van der Waals surface area contributed by atoms with E-state index in [1.54, 1.807) is 0 Å². The third-order valence-electron chi connectivity index (χ3n) is 3.94. The molecule has 0 atom stereocenters. The van der Waals surface area contributed by atoms with E-state index < -0.39 is 6.09 Å². The van der Waals surface area contributed by atoms with E-state index in [-0.39, 0.29) is 5.54 Å². The topological polar surface area (TPSA) is 52.6 Å². The number of halogens is 1. The number of hydrogen-bond acceptors (Lipinski definition) is 2. The highest BCUT2D eigenvalue weighted by Crippen LogP contribution is 2.40. The lowest BCUT2D eigenvalue weighted by molar-refractivity contribution is 0.188. The molecular formula is C16H23ClN2O2. The SMILES string of the molecule is CN(C)CCCc1ccc(Cl)c(CC2(NC(=O)O)CC2)c1. The maximum atomic E-state index is 10.9. The Bertz CT molecular complexity index is 513. The second kappa shape index (κ2) is 6.67. The monoisotopic (exact) mass is 310 g/mol. The molecule has 1 aliphatic carbocycles. The molecule has 0 unspecified atom stereocenters. The summed E-state index contributed by atoms with van der Waals surface area (Å²) in [6, 6.07) is 6.12. The summed E-state index contributed by atoms with van der Waals surface area (Å²) in [6.07, 6.45) is 3.63. The van der Waals surface area contributed by atoms with Gasteiger partial charge in [-0.25, -0.2) is 4.79 Å². The Kier molecular flexibility index (Phi) is 5.12. The van der Waals surface area contributed by atoms with Crippen molar-refractivity contribution in [3.63, 3.8) is 0 Å². The minimum Gasteiger partial charge on any atom is -0.465 e. The van der Waals surface area contributed by atoms with E-state index in [1.807, 2.05) is 6.07 Å². The number of hydrogen-bond donors (Lipinski definition) is 2. The van der Waals surface area contributed by atoms with Gasteiger partial charge in [-0.1, -0.05) is 23.7 Å². The molecule has 21 heavy (non-hydrogen) atoms. The smallest absolute Gasteiger partial charge is 0.405 e. The van der Waals surface area contributed by atoms with Crippen molar-refractivity contribution in [3.05, 3.63) is 34.3 Å². The van der Waals surface area contributed by atoms with Crippen molar-refractivity contribution in [2.45, 2.75) is 37.6 Å². The Morgan fingerprint density at radius 1 is 1.43 bits per heavy atom. The van der Waals surface area contributed by atoms with Gasteiger partial charge >= 0.3 is 6.09 Å². The lowest BCUT2D eigenvalue weighted by Crippen LogP contribution is -2.37. The van der Waals surface area contributed by atoms with Crippen molar-refractivity contribution in [2.24, 2.45) is 0 Å². The molecule has 1 saturated carbocycles. The van der Waals surface area contributed by atoms with E-state index >= 15 is 0 Å². The van der Waals surface area contributed by atoms with E-state index in [4.69, 9.17) is 16.7 Å². The summed E-state index contributed by atoms with van der Waals surface area (Å²) < 4.78 is 0. The van der Waals surface area contributed by atoms with Crippen LogP contribution < -0.4 is 5.32 Å². The van der Waals surface area contributed by atoms with Gasteiger partial charge in [-0.05, 0) is 69.9 Å². The fourth-order valence-electron chi connectivity index (χ4n) is 2.61. The lowest BCUT2D eigenvalue weighted by Gasteiger charge is -2.17. The van der Waals surface area contributed by atoms with Crippen molar-refractivity contribution in [2.75, 3.05) is 20.6 Å². The van der Waals surface area contributed by atoms with Crippen LogP contribution in [0.15, 0.2) is 18.2 Å². The number of nitrogens with one attached hydrogen (secondary N) is 1. The van der Waals surface area contributed by atoms with Gasteiger partial charge < -0.3 is 15.3 Å². The fourth-order valence-corrected chi connectivity index (χ4v) is 2.79. The Balaban J connectivity index is 2.00. The molecule has 1 fully saturated rings. The average molecular weight is 311 g/mol. The van der Waals surface area contributed by atoms with Crippen LogP contribution in [-0.4, -0.2) is 42.3 Å². The van der Waals surface area contributed by atoms with E-state index in [9.17, 15) is 4.79 Å². The first-order chi connectivity index (χ1) is 9.90. The standard InChI is InChI=1S/C16H23ClN2O2/c1-19(2)9-3-4-12-5-6-14(17)13(10-12)11-16(7-8-16)18-15(20)21/h5-6,10,18H,3-4,7-9,11H2,1-2H3,(H,20,21). The second-order valence-electron chi connectivity index (χ2n) is 6.22. The molecule has 1 aliphatic rings. The van der Waals surface area contributed by atoms with Gasteiger partial charge in [0.05, 0.1) is 0 Å². The molecule has 116 valence electrons. The minimum atomic E-state index is -0.953. The number of carbonyl (C=O) groups is 1. The first kappa shape index (κ1) is 16.1. The third-order valence-corrected chi connectivity index (χ3v) is 4.30. The zero-order valence-electron chi connectivity index (χ0n) is 12.7. The molecule has 0 bridgehead atoms. The predicted octanol–water partition coefficient (Wildman–Crippen LogP) is 3.18. The number of aryl methyl sites for hydroxylation is 1. The second-order valence-corrected chi connectivity index (χ2v) is 6.63. The van der Waals surface area contributed by atoms with Crippen LogP contribution in [0.2, 0.25) is 5.02 Å². The molecule has 5 heteroatoms. The van der Waals surface area contributed by atoms with Gasteiger partial charge in [0.1, 0.15) is 0 Å². The zero-order chi connectivity index (χ0) is 15.5. The highest BCUT2D eigenvalue weighted by Gasteiger charge is 2.44. The van der Waals surface area contributed by atoms with Gasteiger partial charge in [0.15, 0.2) is 0 Å². The van der Waals surface area contributed by atoms with Crippen LogP contribution >= 0.6 is 11.6 Å². The molecule has 1 amide bonds. The van der Waals surface area contributed by atoms with E-state index in [1.165, 1.54) is 5.56 Å². The van der Waals surface area contributed by atoms with Crippen LogP contribution in [0.25, 0.3) is 0 Å². The molecule has 0 saturated heterocycles. The normalized spacial score (nSPS) is 16.0. The highest BCUT2D eigenvalue weighted by atomic mass is 35.5. The van der Waals surface area contributed by atoms with Crippen LogP contribution in [0.5, 0.6) is 0 Å². The summed E-state index contributed by atoms with van der Waals surface area (Å²) in [5.41, 5.74) is 2.02. The molecule has 2 N–H and O–H groups in total. The van der Waals surface area contributed by atoms with Gasteiger partial charge in [0.25, 0.3) is 0 Å². The van der Waals surface area contributed by atoms with Crippen molar-refractivity contribution >= 4 is 17.7 Å². The molecule has 0 aromatic heterocycles. The minimum absolute atomic E-state index is 0.294. The lowest BCUT2D eigenvalue weighted by atomic mass is 10.00. The molecule has 4 nitrogen and oxygen atoms in total. The number of rotatable bonds is 7. The maximum Gasteiger partial charge on any atom is 0.405 e. The van der Waals surface area contributed by atoms with Crippen LogP contribution in [0.3, 0.4) is 0 Å². The van der Waals surface area contributed by atoms with Crippen LogP contribution in [-0.2, 0) is 12.8 Å². The summed E-state index contributed by atoms with van der Waals surface area (Å²) in [5.74, 6) is 0. The van der Waals surface area contributed by atoms with E-state index in [0.29, 0.717) is 6.42 Å². The van der Waals surface area contributed by atoms with Gasteiger partial charge in [-0.15, -0.1) is 0 Å². The summed E-state index contributed by atoms with van der Waals surface area (Å²) in [7, 11) is 4.14. The van der Waals surface area contributed by atoms with Crippen molar-refractivity contribution in [1.82, 2.24) is 10.2 Å². The molecule has 0 spiro atoms. The van der Waals surface area contributed by atoms with Crippen molar-refractivity contribution < 1.29 is 9.90 Å². The molecule has 0 aliphatic heterocycles. The first-order valence-corrected chi connectivity index (χ1v) is 7.71. The maximum absolute atomic E-state index is 10.9. The number of nitrogens with zero attached hydrogens (tertiary/aromatic N) is 1. The summed E-state index contributed by atoms with van der Waals surface area (Å²) in [4.78, 5) is 13.0. The van der Waals surface area contributed by atoms with E-state index in [0.717, 1.165) is 42.8 Å². The quantitative estimate of drug-likeness (QED) is 0.813. The van der Waals surface area contributed by atoms with Gasteiger partial charge in [0, 0.05) is 10.6 Å². The summed E-state index contributed by atoms with van der Waals surface area (Å²) >= 11 is 6.27. The van der Waals surface area contributed by atoms with Gasteiger partial charge in [-0.2, -0.15) is 0 Å². The van der Waals surface area contributed by atoms with Crippen LogP contribution in [0.4, 0.5) is 4.79 Å². The summed E-state index contributed by atoms with van der Waals surface area (Å²) in [6.45, 7) is 1.06. The molecular weight excluding hydrogens is 288 g/mol. The number of benzene rings is 1. The first-order valence-electron chi connectivity index (χ1n) is 7.33. The molecule has 2 rings (SSSR count). The van der Waals surface area contributed by atoms with Crippen LogP contribution in [0, 0.1) is 0 Å². The fraction of sp³-hybridized carbons (Fsp3) is 0.562. The number of carboxylic acid groups (broad SMARTS) is 1. The molecule has 0 radical (unpaired) electrons. The Hall–Kier alpha value is -1.26. The highest BCUT2D eigenvalue weighted by molar-refractivity contribution is 6.31. The summed E-state index contributed by atoms with van der Waals surface area (Å²) in [5, 5.41) is 12.3. The molecule has 1 aromatic rings. The Morgan fingerprint density at radius 2 is 2.14 bits per heavy atom. The average Bonchev–Trinajstić information content (AvgIpc) is 3.11. The number of amides is 1. The van der Waals surface area contributed by atoms with Crippen molar-refractivity contribution in [3.8, 4) is 0 Å². The van der Waals surface area contributed by atoms with Crippen LogP contribution in [0.1, 0.15) is 30.4 Å². The third kappa shape index (κ3) is 4.90. The zero-order valence-corrected chi connectivity index (χ0v) is 13.4. The Morgan fingerprint density at radius 3 is 2.71 bits per heavy atom. The molecule has 1 aromatic carbocycles. The van der Waals surface area contributed by atoms with Crippen molar-refractivity contribution in [1.29, 1.82) is 0 Å². The predicted molar refractivity (Wildman–Crippen MR) is 85.2 cm³/mol. The van der Waals surface area contributed by atoms with Gasteiger partial charge in [0.2, 0.25) is 0 Å².